The molecule has 0 bridgehead atoms. The molecular weight excluding hydrogens is 362 g/mol. The van der Waals surface area contributed by atoms with E-state index in [4.69, 9.17) is 4.42 Å². The molecule has 5 heteroatoms. The van der Waals surface area contributed by atoms with Crippen LogP contribution in [-0.2, 0) is 11.2 Å². The van der Waals surface area contributed by atoms with Gasteiger partial charge in [0, 0.05) is 18.9 Å². The summed E-state index contributed by atoms with van der Waals surface area (Å²) < 4.78 is 5.68. The molecule has 0 saturated carbocycles. The maximum atomic E-state index is 13.3. The molecular formula is C24H27N3O2. The number of hydrogen-bond acceptors (Lipinski definition) is 4. The van der Waals surface area contributed by atoms with Crippen molar-refractivity contribution in [2.75, 3.05) is 19.6 Å². The van der Waals surface area contributed by atoms with E-state index in [1.807, 2.05) is 60.8 Å². The van der Waals surface area contributed by atoms with Crippen LogP contribution < -0.4 is 5.32 Å². The fraction of sp³-hybridized carbons (Fsp3) is 0.333. The van der Waals surface area contributed by atoms with Gasteiger partial charge in [0.1, 0.15) is 5.76 Å². The number of furan rings is 1. The zero-order chi connectivity index (χ0) is 19.9. The largest absolute Gasteiger partial charge is 0.468 e. The van der Waals surface area contributed by atoms with Crippen molar-refractivity contribution in [2.24, 2.45) is 0 Å². The molecule has 29 heavy (non-hydrogen) atoms. The second-order valence-electron chi connectivity index (χ2n) is 7.55. The summed E-state index contributed by atoms with van der Waals surface area (Å²) in [4.78, 5) is 19.9. The Labute approximate surface area is 171 Å². The number of carbonyl (C=O) groups excluding carboxylic acids is 1. The van der Waals surface area contributed by atoms with Crippen molar-refractivity contribution in [1.29, 1.82) is 0 Å². The summed E-state index contributed by atoms with van der Waals surface area (Å²) in [6, 6.07) is 17.9. The van der Waals surface area contributed by atoms with Crippen molar-refractivity contribution in [3.05, 3.63) is 90.1 Å². The second-order valence-corrected chi connectivity index (χ2v) is 7.55. The summed E-state index contributed by atoms with van der Waals surface area (Å²) in [6.07, 6.45) is 8.30. The van der Waals surface area contributed by atoms with Crippen LogP contribution in [0.5, 0.6) is 0 Å². The van der Waals surface area contributed by atoms with E-state index in [-0.39, 0.29) is 17.9 Å². The standard InChI is InChI=1S/C24H27N3O2/c28-24(26-18-22(23-11-7-15-29-23)27-13-4-5-14-27)21(20-9-2-1-3-10-20)16-19-8-6-12-25-17-19/h1-3,6-12,15,17,21-22H,4-5,13-14,16,18H2,(H,26,28). The first-order valence-corrected chi connectivity index (χ1v) is 10.3. The Kier molecular flexibility index (Phi) is 6.37. The van der Waals surface area contributed by atoms with Crippen molar-refractivity contribution in [3.63, 3.8) is 0 Å². The maximum Gasteiger partial charge on any atom is 0.227 e. The van der Waals surface area contributed by atoms with Crippen LogP contribution in [0.1, 0.15) is 41.7 Å². The topological polar surface area (TPSA) is 58.4 Å². The van der Waals surface area contributed by atoms with Gasteiger partial charge in [-0.1, -0.05) is 36.4 Å². The van der Waals surface area contributed by atoms with Crippen LogP contribution in [0.4, 0.5) is 0 Å². The smallest absolute Gasteiger partial charge is 0.227 e. The SMILES string of the molecule is O=C(NCC(c1ccco1)N1CCCC1)C(Cc1cccnc1)c1ccccc1. The molecule has 0 radical (unpaired) electrons. The Morgan fingerprint density at radius 1 is 1.07 bits per heavy atom. The minimum atomic E-state index is -0.253. The predicted octanol–water partition coefficient (Wildman–Crippen LogP) is 3.95. The fourth-order valence-electron chi connectivity index (χ4n) is 4.07. The number of likely N-dealkylation sites (tertiary alicyclic amines) is 1. The van der Waals surface area contributed by atoms with Crippen LogP contribution in [0.2, 0.25) is 0 Å². The molecule has 1 aliphatic rings. The highest BCUT2D eigenvalue weighted by Gasteiger charge is 2.28. The number of rotatable bonds is 8. The highest BCUT2D eigenvalue weighted by atomic mass is 16.3. The van der Waals surface area contributed by atoms with Gasteiger partial charge >= 0.3 is 0 Å². The molecule has 1 aromatic carbocycles. The van der Waals surface area contributed by atoms with Crippen molar-refractivity contribution < 1.29 is 9.21 Å². The monoisotopic (exact) mass is 389 g/mol. The third-order valence-electron chi connectivity index (χ3n) is 5.60. The average Bonchev–Trinajstić information content (AvgIpc) is 3.48. The quantitative estimate of drug-likeness (QED) is 0.634. The number of hydrogen-bond donors (Lipinski definition) is 1. The predicted molar refractivity (Wildman–Crippen MR) is 112 cm³/mol. The molecule has 150 valence electrons. The molecule has 2 atom stereocenters. The van der Waals surface area contributed by atoms with Gasteiger partial charge in [-0.2, -0.15) is 0 Å². The average molecular weight is 389 g/mol. The van der Waals surface area contributed by atoms with E-state index in [0.29, 0.717) is 13.0 Å². The van der Waals surface area contributed by atoms with Gasteiger partial charge in [-0.25, -0.2) is 0 Å². The lowest BCUT2D eigenvalue weighted by atomic mass is 9.91. The third kappa shape index (κ3) is 4.93. The van der Waals surface area contributed by atoms with E-state index >= 15 is 0 Å². The molecule has 1 fully saturated rings. The minimum absolute atomic E-state index is 0.0378. The van der Waals surface area contributed by atoms with Crippen LogP contribution in [0.3, 0.4) is 0 Å². The molecule has 3 aromatic rings. The first-order chi connectivity index (χ1) is 14.3. The Morgan fingerprint density at radius 3 is 2.59 bits per heavy atom. The van der Waals surface area contributed by atoms with Gasteiger partial charge in [-0.05, 0) is 61.7 Å². The Bertz CT molecular complexity index is 875. The van der Waals surface area contributed by atoms with Crippen LogP contribution in [-0.4, -0.2) is 35.4 Å². The van der Waals surface area contributed by atoms with Crippen molar-refractivity contribution >= 4 is 5.91 Å². The van der Waals surface area contributed by atoms with Crippen molar-refractivity contribution in [2.45, 2.75) is 31.2 Å². The van der Waals surface area contributed by atoms with Gasteiger partial charge in [0.25, 0.3) is 0 Å². The van der Waals surface area contributed by atoms with E-state index in [0.717, 1.165) is 30.0 Å². The van der Waals surface area contributed by atoms with E-state index in [2.05, 4.69) is 15.2 Å². The van der Waals surface area contributed by atoms with Gasteiger partial charge in [-0.15, -0.1) is 0 Å². The summed E-state index contributed by atoms with van der Waals surface area (Å²) >= 11 is 0. The third-order valence-corrected chi connectivity index (χ3v) is 5.60. The molecule has 4 rings (SSSR count). The normalized spacial score (nSPS) is 16.4. The van der Waals surface area contributed by atoms with Crippen LogP contribution in [0, 0.1) is 0 Å². The van der Waals surface area contributed by atoms with E-state index in [1.54, 1.807) is 12.5 Å². The molecule has 1 saturated heterocycles. The lowest BCUT2D eigenvalue weighted by Crippen LogP contribution is -2.39. The van der Waals surface area contributed by atoms with Gasteiger partial charge in [0.15, 0.2) is 0 Å². The molecule has 2 aromatic heterocycles. The molecule has 1 aliphatic heterocycles. The first-order valence-electron chi connectivity index (χ1n) is 10.3. The number of amides is 1. The molecule has 0 aliphatic carbocycles. The Balaban J connectivity index is 1.49. The van der Waals surface area contributed by atoms with E-state index in [9.17, 15) is 4.79 Å². The fourth-order valence-corrected chi connectivity index (χ4v) is 4.07. The number of pyridine rings is 1. The molecule has 5 nitrogen and oxygen atoms in total. The van der Waals surface area contributed by atoms with Gasteiger partial charge < -0.3 is 9.73 Å². The molecule has 2 unspecified atom stereocenters. The number of nitrogens with one attached hydrogen (secondary N) is 1. The van der Waals surface area contributed by atoms with Crippen LogP contribution >= 0.6 is 0 Å². The number of carbonyl (C=O) groups is 1. The minimum Gasteiger partial charge on any atom is -0.468 e. The van der Waals surface area contributed by atoms with Crippen LogP contribution in [0.25, 0.3) is 0 Å². The Hall–Kier alpha value is -2.92. The summed E-state index contributed by atoms with van der Waals surface area (Å²) in [6.45, 7) is 2.63. The number of benzene rings is 1. The van der Waals surface area contributed by atoms with Gasteiger partial charge in [0.05, 0.1) is 18.2 Å². The molecule has 1 N–H and O–H groups in total. The summed E-state index contributed by atoms with van der Waals surface area (Å²) in [5.74, 6) is 0.697. The lowest BCUT2D eigenvalue weighted by molar-refractivity contribution is -0.122. The van der Waals surface area contributed by atoms with Crippen molar-refractivity contribution in [1.82, 2.24) is 15.2 Å². The highest BCUT2D eigenvalue weighted by Crippen LogP contribution is 2.26. The van der Waals surface area contributed by atoms with Gasteiger partial charge in [0.2, 0.25) is 5.91 Å². The first kappa shape index (κ1) is 19.4. The summed E-state index contributed by atoms with van der Waals surface area (Å²) in [5.41, 5.74) is 2.07. The lowest BCUT2D eigenvalue weighted by Gasteiger charge is -2.27. The van der Waals surface area contributed by atoms with Crippen LogP contribution in [0.15, 0.2) is 77.7 Å². The van der Waals surface area contributed by atoms with E-state index < -0.39 is 0 Å². The summed E-state index contributed by atoms with van der Waals surface area (Å²) in [5, 5.41) is 3.21. The zero-order valence-electron chi connectivity index (χ0n) is 16.5. The van der Waals surface area contributed by atoms with Gasteiger partial charge in [-0.3, -0.25) is 14.7 Å². The van der Waals surface area contributed by atoms with E-state index in [1.165, 1.54) is 12.8 Å². The molecule has 0 spiro atoms. The highest BCUT2D eigenvalue weighted by molar-refractivity contribution is 5.84. The Morgan fingerprint density at radius 2 is 1.90 bits per heavy atom. The molecule has 3 heterocycles. The number of nitrogens with zero attached hydrogens (tertiary/aromatic N) is 2. The number of aromatic nitrogens is 1. The second kappa shape index (κ2) is 9.52. The maximum absolute atomic E-state index is 13.3. The summed E-state index contributed by atoms with van der Waals surface area (Å²) in [7, 11) is 0. The van der Waals surface area contributed by atoms with Crippen molar-refractivity contribution in [3.8, 4) is 0 Å². The zero-order valence-corrected chi connectivity index (χ0v) is 16.5. The molecule has 1 amide bonds.